The molecule has 9 heteroatoms. The van der Waals surface area contributed by atoms with E-state index in [4.69, 9.17) is 37.9 Å². The zero-order chi connectivity index (χ0) is 28.2. The Morgan fingerprint density at radius 2 is 1.65 bits per heavy atom. The molecular weight excluding hydrogens is 543 g/mol. The Bertz CT molecular complexity index is 1300. The second kappa shape index (κ2) is 13.1. The number of ether oxygens (including phenoxy) is 1. The number of hydrogen-bond acceptors (Lipinski definition) is 7. The van der Waals surface area contributed by atoms with Crippen LogP contribution in [0.3, 0.4) is 0 Å². The van der Waals surface area contributed by atoms with Crippen LogP contribution in [-0.4, -0.2) is 73.8 Å². The van der Waals surface area contributed by atoms with Crippen LogP contribution < -0.4 is 19.9 Å². The predicted molar refractivity (Wildman–Crippen MR) is 168 cm³/mol. The summed E-state index contributed by atoms with van der Waals surface area (Å²) in [6, 6.07) is 11.7. The van der Waals surface area contributed by atoms with E-state index in [1.807, 2.05) is 26.0 Å². The third-order valence-electron chi connectivity index (χ3n) is 8.30. The van der Waals surface area contributed by atoms with Crippen molar-refractivity contribution in [3.63, 3.8) is 0 Å². The molecule has 2 aromatic carbocycles. The number of nitrogens with one attached hydrogen (secondary N) is 1. The zero-order valence-corrected chi connectivity index (χ0v) is 25.7. The van der Waals surface area contributed by atoms with Crippen molar-refractivity contribution in [3.05, 3.63) is 51.6 Å². The van der Waals surface area contributed by atoms with Gasteiger partial charge in [0.25, 0.3) is 0 Å². The van der Waals surface area contributed by atoms with E-state index in [1.54, 1.807) is 7.11 Å². The molecule has 0 spiro atoms. The second-order valence-electron chi connectivity index (χ2n) is 10.9. The summed E-state index contributed by atoms with van der Waals surface area (Å²) >= 11 is 13.0. The summed E-state index contributed by atoms with van der Waals surface area (Å²) < 4.78 is 5.51. The number of aromatic nitrogens is 2. The average Bonchev–Trinajstić information content (AvgIpc) is 3.62. The van der Waals surface area contributed by atoms with Gasteiger partial charge in [-0.1, -0.05) is 55.2 Å². The number of hydrogen-bond donors (Lipinski definition) is 1. The van der Waals surface area contributed by atoms with Crippen LogP contribution in [0.15, 0.2) is 30.3 Å². The van der Waals surface area contributed by atoms with E-state index >= 15 is 0 Å². The first kappa shape index (κ1) is 29.2. The standard InChI is InChI=1S/C24H25Cl2N5O.C5H11N.C2H6/c1-32-24-28-19-13-30(20-4-2-3-14-5-8-18(25)22(26)21(14)20)10-9-17(19)23(29-24)31-11-15-6-7-16(12-31)27-15;1-6-4-2-3-5-6;1-2/h2-5,8,15-16,27H,6-7,9-13H2,1H3;2-5H2,1H3;1-2H3. The van der Waals surface area contributed by atoms with Crippen molar-refractivity contribution in [2.75, 3.05) is 56.7 Å². The fourth-order valence-electron chi connectivity index (χ4n) is 6.35. The third kappa shape index (κ3) is 6.13. The molecule has 1 aromatic heterocycles. The van der Waals surface area contributed by atoms with Crippen LogP contribution in [0.5, 0.6) is 6.01 Å². The lowest BCUT2D eigenvalue weighted by molar-refractivity contribution is 0.374. The van der Waals surface area contributed by atoms with Gasteiger partial charge in [0.05, 0.1) is 29.4 Å². The first-order valence-corrected chi connectivity index (χ1v) is 15.5. The highest BCUT2D eigenvalue weighted by Gasteiger charge is 2.35. The van der Waals surface area contributed by atoms with Gasteiger partial charge in [0, 0.05) is 48.4 Å². The van der Waals surface area contributed by atoms with Crippen molar-refractivity contribution in [2.24, 2.45) is 0 Å². The molecule has 4 aliphatic rings. The highest BCUT2D eigenvalue weighted by atomic mass is 35.5. The van der Waals surface area contributed by atoms with Crippen molar-refractivity contribution in [3.8, 4) is 6.01 Å². The molecule has 0 saturated carbocycles. The van der Waals surface area contributed by atoms with E-state index in [0.717, 1.165) is 54.0 Å². The summed E-state index contributed by atoms with van der Waals surface area (Å²) in [5.41, 5.74) is 3.35. The highest BCUT2D eigenvalue weighted by molar-refractivity contribution is 6.46. The van der Waals surface area contributed by atoms with Gasteiger partial charge in [0.2, 0.25) is 0 Å². The maximum Gasteiger partial charge on any atom is 0.318 e. The first-order valence-electron chi connectivity index (χ1n) is 14.7. The minimum absolute atomic E-state index is 0.436. The summed E-state index contributed by atoms with van der Waals surface area (Å²) in [5.74, 6) is 1.05. The van der Waals surface area contributed by atoms with Gasteiger partial charge in [-0.3, -0.25) is 0 Å². The summed E-state index contributed by atoms with van der Waals surface area (Å²) in [6.07, 6.45) is 6.18. The van der Waals surface area contributed by atoms with E-state index in [2.05, 4.69) is 45.3 Å². The smallest absolute Gasteiger partial charge is 0.318 e. The fraction of sp³-hybridized carbons (Fsp3) is 0.548. The van der Waals surface area contributed by atoms with E-state index in [0.29, 0.717) is 34.7 Å². The molecule has 5 heterocycles. The van der Waals surface area contributed by atoms with Crippen LogP contribution in [0.1, 0.15) is 50.8 Å². The molecule has 2 unspecified atom stereocenters. The van der Waals surface area contributed by atoms with E-state index < -0.39 is 0 Å². The Hall–Kier alpha value is -2.32. The minimum Gasteiger partial charge on any atom is -0.467 e. The molecule has 40 heavy (non-hydrogen) atoms. The van der Waals surface area contributed by atoms with Gasteiger partial charge in [-0.05, 0) is 69.8 Å². The summed E-state index contributed by atoms with van der Waals surface area (Å²) in [4.78, 5) is 16.7. The van der Waals surface area contributed by atoms with Crippen molar-refractivity contribution < 1.29 is 4.74 Å². The number of methoxy groups -OCH3 is 1. The van der Waals surface area contributed by atoms with Crippen LogP contribution in [0, 0.1) is 0 Å². The molecule has 1 N–H and O–H groups in total. The molecule has 7 rings (SSSR count). The first-order chi connectivity index (χ1) is 19.5. The molecule has 0 radical (unpaired) electrons. The van der Waals surface area contributed by atoms with Crippen molar-refractivity contribution in [1.82, 2.24) is 20.2 Å². The lowest BCUT2D eigenvalue weighted by atomic mass is 10.0. The third-order valence-corrected chi connectivity index (χ3v) is 9.11. The molecule has 7 nitrogen and oxygen atoms in total. The lowest BCUT2D eigenvalue weighted by Crippen LogP contribution is -2.52. The lowest BCUT2D eigenvalue weighted by Gasteiger charge is -2.37. The maximum absolute atomic E-state index is 6.64. The Labute approximate surface area is 248 Å². The Morgan fingerprint density at radius 1 is 0.925 bits per heavy atom. The number of halogens is 2. The molecule has 3 fully saturated rings. The van der Waals surface area contributed by atoms with Crippen LogP contribution in [-0.2, 0) is 13.0 Å². The zero-order valence-electron chi connectivity index (χ0n) is 24.2. The van der Waals surface area contributed by atoms with E-state index in [1.165, 1.54) is 44.3 Å². The van der Waals surface area contributed by atoms with Crippen LogP contribution >= 0.6 is 23.2 Å². The second-order valence-corrected chi connectivity index (χ2v) is 11.7. The Kier molecular flexibility index (Phi) is 9.56. The van der Waals surface area contributed by atoms with Gasteiger partial charge in [0.1, 0.15) is 5.82 Å². The Balaban J connectivity index is 0.000000354. The van der Waals surface area contributed by atoms with Crippen LogP contribution in [0.25, 0.3) is 10.8 Å². The summed E-state index contributed by atoms with van der Waals surface area (Å²) in [5, 5.41) is 6.95. The molecule has 2 atom stereocenters. The molecule has 2 bridgehead atoms. The number of fused-ring (bicyclic) bond motifs is 4. The average molecular weight is 586 g/mol. The van der Waals surface area contributed by atoms with Crippen LogP contribution in [0.2, 0.25) is 10.0 Å². The number of nitrogens with zero attached hydrogens (tertiary/aromatic N) is 5. The molecule has 3 saturated heterocycles. The number of anilines is 2. The van der Waals surface area contributed by atoms with E-state index in [9.17, 15) is 0 Å². The van der Waals surface area contributed by atoms with Gasteiger partial charge in [-0.2, -0.15) is 9.97 Å². The predicted octanol–water partition coefficient (Wildman–Crippen LogP) is 6.19. The topological polar surface area (TPSA) is 56.8 Å². The summed E-state index contributed by atoms with van der Waals surface area (Å²) in [6.45, 7) is 10.2. The Morgan fingerprint density at radius 3 is 2.30 bits per heavy atom. The minimum atomic E-state index is 0.436. The monoisotopic (exact) mass is 584 g/mol. The fourth-order valence-corrected chi connectivity index (χ4v) is 6.77. The van der Waals surface area contributed by atoms with Gasteiger partial charge in [-0.15, -0.1) is 0 Å². The van der Waals surface area contributed by atoms with Gasteiger partial charge in [0.15, 0.2) is 0 Å². The van der Waals surface area contributed by atoms with Gasteiger partial charge < -0.3 is 24.8 Å². The molecule has 3 aromatic rings. The molecule has 4 aliphatic heterocycles. The molecule has 216 valence electrons. The van der Waals surface area contributed by atoms with E-state index in [-0.39, 0.29) is 0 Å². The molecule has 0 aliphatic carbocycles. The van der Waals surface area contributed by atoms with Crippen molar-refractivity contribution in [1.29, 1.82) is 0 Å². The van der Waals surface area contributed by atoms with Crippen LogP contribution in [0.4, 0.5) is 11.5 Å². The van der Waals surface area contributed by atoms with Crippen molar-refractivity contribution in [2.45, 2.75) is 64.6 Å². The number of likely N-dealkylation sites (tertiary alicyclic amines) is 1. The normalized spacial score (nSPS) is 21.9. The molecule has 0 amide bonds. The quantitative estimate of drug-likeness (QED) is 0.394. The van der Waals surface area contributed by atoms with Gasteiger partial charge in [-0.25, -0.2) is 0 Å². The van der Waals surface area contributed by atoms with Crippen molar-refractivity contribution >= 4 is 45.5 Å². The SMILES string of the molecule is CC.CN1CCCC1.COc1nc2c(c(N3CC4CCC(C3)N4)n1)CCN(c1cccc3ccc(Cl)c(Cl)c13)C2. The van der Waals surface area contributed by atoms with Gasteiger partial charge >= 0.3 is 6.01 Å². The summed E-state index contributed by atoms with van der Waals surface area (Å²) in [7, 11) is 3.81. The highest BCUT2D eigenvalue weighted by Crippen LogP contribution is 2.40. The maximum atomic E-state index is 6.64. The number of piperazine rings is 1. The largest absolute Gasteiger partial charge is 0.467 e. The molecular formula is C31H42Cl2N6O. The number of benzene rings is 2. The number of rotatable bonds is 3.